The SMILES string of the molecule is Cc1cccc(C2(c3cccc(-c4cc5ccccc5c5ccccc45)c3)c3ccccc3-c3ccccc32)c1. The second kappa shape index (κ2) is 8.79. The first-order valence-electron chi connectivity index (χ1n) is 14.0. The molecular formula is C40H28. The molecule has 1 aliphatic rings. The quantitative estimate of drug-likeness (QED) is 0.208. The third-order valence-corrected chi connectivity index (χ3v) is 8.78. The summed E-state index contributed by atoms with van der Waals surface area (Å²) in [7, 11) is 0. The van der Waals surface area contributed by atoms with Gasteiger partial charge in [0.15, 0.2) is 0 Å². The molecule has 0 spiro atoms. The Morgan fingerprint density at radius 1 is 0.400 bits per heavy atom. The van der Waals surface area contributed by atoms with Gasteiger partial charge in [-0.3, -0.25) is 0 Å². The van der Waals surface area contributed by atoms with Crippen molar-refractivity contribution in [3.63, 3.8) is 0 Å². The molecule has 0 nitrogen and oxygen atoms in total. The Hall–Kier alpha value is -4.94. The van der Waals surface area contributed by atoms with E-state index in [4.69, 9.17) is 0 Å². The summed E-state index contributed by atoms with van der Waals surface area (Å²) in [5.41, 5.74) is 11.3. The third-order valence-electron chi connectivity index (χ3n) is 8.78. The standard InChI is InChI=1S/C40H28/c1-27-12-10-15-30(24-27)40(38-22-8-6-20-35(38)36-21-7-9-23-39(36)40)31-16-11-14-28(25-31)37-26-29-13-2-3-17-32(29)33-18-4-5-19-34(33)37/h2-26H,1H3. The van der Waals surface area contributed by atoms with Crippen molar-refractivity contribution in [1.82, 2.24) is 0 Å². The van der Waals surface area contributed by atoms with E-state index in [0.717, 1.165) is 0 Å². The average molecular weight is 509 g/mol. The summed E-state index contributed by atoms with van der Waals surface area (Å²) >= 11 is 0. The highest BCUT2D eigenvalue weighted by atomic mass is 14.5. The van der Waals surface area contributed by atoms with Crippen LogP contribution in [0.1, 0.15) is 27.8 Å². The van der Waals surface area contributed by atoms with Gasteiger partial charge < -0.3 is 0 Å². The maximum Gasteiger partial charge on any atom is 0.0713 e. The molecular weight excluding hydrogens is 480 g/mol. The second-order valence-electron chi connectivity index (χ2n) is 11.0. The van der Waals surface area contributed by atoms with E-state index in [-0.39, 0.29) is 0 Å². The molecule has 0 fully saturated rings. The molecule has 0 amide bonds. The zero-order chi connectivity index (χ0) is 26.7. The molecule has 7 aromatic carbocycles. The van der Waals surface area contributed by atoms with Crippen LogP contribution in [0.3, 0.4) is 0 Å². The third kappa shape index (κ3) is 3.20. The van der Waals surface area contributed by atoms with Crippen molar-refractivity contribution in [3.05, 3.63) is 179 Å². The van der Waals surface area contributed by atoms with Gasteiger partial charge in [-0.05, 0) is 85.1 Å². The molecule has 0 aliphatic heterocycles. The smallest absolute Gasteiger partial charge is 0.0619 e. The number of aryl methyl sites for hydroxylation is 1. The lowest BCUT2D eigenvalue weighted by molar-refractivity contribution is 0.767. The van der Waals surface area contributed by atoms with Crippen LogP contribution in [0.25, 0.3) is 43.8 Å². The summed E-state index contributed by atoms with van der Waals surface area (Å²) in [5.74, 6) is 0. The molecule has 0 saturated carbocycles. The number of rotatable bonds is 3. The van der Waals surface area contributed by atoms with Gasteiger partial charge in [0.1, 0.15) is 0 Å². The fraction of sp³-hybridized carbons (Fsp3) is 0.0500. The normalized spacial score (nSPS) is 13.3. The average Bonchev–Trinajstić information content (AvgIpc) is 3.32. The molecule has 0 N–H and O–H groups in total. The minimum absolute atomic E-state index is 0.401. The van der Waals surface area contributed by atoms with E-state index < -0.39 is 5.41 Å². The van der Waals surface area contributed by atoms with Crippen molar-refractivity contribution in [3.8, 4) is 22.3 Å². The van der Waals surface area contributed by atoms with Gasteiger partial charge in [0.2, 0.25) is 0 Å². The summed E-state index contributed by atoms with van der Waals surface area (Å²) in [6.45, 7) is 2.20. The van der Waals surface area contributed by atoms with E-state index >= 15 is 0 Å². The van der Waals surface area contributed by atoms with Crippen LogP contribution in [-0.4, -0.2) is 0 Å². The number of hydrogen-bond acceptors (Lipinski definition) is 0. The molecule has 1 aliphatic carbocycles. The van der Waals surface area contributed by atoms with Crippen LogP contribution in [0.15, 0.2) is 152 Å². The van der Waals surface area contributed by atoms with Crippen LogP contribution in [-0.2, 0) is 5.41 Å². The van der Waals surface area contributed by atoms with E-state index in [1.807, 2.05) is 0 Å². The van der Waals surface area contributed by atoms with Crippen LogP contribution in [0.4, 0.5) is 0 Å². The second-order valence-corrected chi connectivity index (χ2v) is 11.0. The van der Waals surface area contributed by atoms with Gasteiger partial charge in [-0.25, -0.2) is 0 Å². The van der Waals surface area contributed by atoms with Crippen molar-refractivity contribution in [1.29, 1.82) is 0 Å². The predicted molar refractivity (Wildman–Crippen MR) is 169 cm³/mol. The molecule has 0 unspecified atom stereocenters. The lowest BCUT2D eigenvalue weighted by Gasteiger charge is -2.34. The molecule has 0 heteroatoms. The number of hydrogen-bond donors (Lipinski definition) is 0. The highest BCUT2D eigenvalue weighted by molar-refractivity contribution is 6.13. The Morgan fingerprint density at radius 3 is 1.70 bits per heavy atom. The summed E-state index contributed by atoms with van der Waals surface area (Å²) in [6.07, 6.45) is 0. The van der Waals surface area contributed by atoms with Crippen LogP contribution in [0.5, 0.6) is 0 Å². The van der Waals surface area contributed by atoms with Crippen molar-refractivity contribution < 1.29 is 0 Å². The van der Waals surface area contributed by atoms with Gasteiger partial charge >= 0.3 is 0 Å². The Bertz CT molecular complexity index is 2030. The van der Waals surface area contributed by atoms with Crippen molar-refractivity contribution in [2.24, 2.45) is 0 Å². The minimum atomic E-state index is -0.401. The minimum Gasteiger partial charge on any atom is -0.0619 e. The van der Waals surface area contributed by atoms with Gasteiger partial charge in [0, 0.05) is 0 Å². The fourth-order valence-electron chi connectivity index (χ4n) is 7.12. The van der Waals surface area contributed by atoms with E-state index in [1.54, 1.807) is 0 Å². The molecule has 0 bridgehead atoms. The summed E-state index contributed by atoms with van der Waals surface area (Å²) in [6, 6.07) is 56.2. The van der Waals surface area contributed by atoms with Crippen molar-refractivity contribution in [2.75, 3.05) is 0 Å². The van der Waals surface area contributed by atoms with Gasteiger partial charge in [-0.2, -0.15) is 0 Å². The maximum atomic E-state index is 2.44. The predicted octanol–water partition coefficient (Wildman–Crippen LogP) is 10.3. The molecule has 0 atom stereocenters. The van der Waals surface area contributed by atoms with Gasteiger partial charge in [0.05, 0.1) is 5.41 Å². The Kier molecular flexibility index (Phi) is 5.06. The molecule has 0 heterocycles. The molecule has 0 radical (unpaired) electrons. The van der Waals surface area contributed by atoms with E-state index in [9.17, 15) is 0 Å². The van der Waals surface area contributed by atoms with Crippen LogP contribution < -0.4 is 0 Å². The first-order chi connectivity index (χ1) is 19.7. The number of benzene rings is 7. The number of fused-ring (bicyclic) bond motifs is 6. The molecule has 40 heavy (non-hydrogen) atoms. The van der Waals surface area contributed by atoms with E-state index in [2.05, 4.69) is 159 Å². The zero-order valence-corrected chi connectivity index (χ0v) is 22.4. The van der Waals surface area contributed by atoms with Crippen LogP contribution in [0.2, 0.25) is 0 Å². The first-order valence-corrected chi connectivity index (χ1v) is 14.0. The van der Waals surface area contributed by atoms with E-state index in [1.165, 1.54) is 71.6 Å². The summed E-state index contributed by atoms with van der Waals surface area (Å²) in [4.78, 5) is 0. The molecule has 188 valence electrons. The molecule has 7 aromatic rings. The molecule has 0 aromatic heterocycles. The lowest BCUT2D eigenvalue weighted by atomic mass is 9.67. The Balaban J connectivity index is 1.47. The van der Waals surface area contributed by atoms with Crippen molar-refractivity contribution >= 4 is 21.5 Å². The highest BCUT2D eigenvalue weighted by Gasteiger charge is 2.46. The van der Waals surface area contributed by atoms with Gasteiger partial charge in [-0.15, -0.1) is 0 Å². The Morgan fingerprint density at radius 2 is 0.975 bits per heavy atom. The summed E-state index contributed by atoms with van der Waals surface area (Å²) < 4.78 is 0. The van der Waals surface area contributed by atoms with Crippen LogP contribution >= 0.6 is 0 Å². The van der Waals surface area contributed by atoms with Gasteiger partial charge in [0.25, 0.3) is 0 Å². The zero-order valence-electron chi connectivity index (χ0n) is 22.4. The first kappa shape index (κ1) is 23.0. The van der Waals surface area contributed by atoms with Crippen LogP contribution in [0, 0.1) is 6.92 Å². The molecule has 8 rings (SSSR count). The summed E-state index contributed by atoms with van der Waals surface area (Å²) in [5, 5.41) is 5.15. The fourth-order valence-corrected chi connectivity index (χ4v) is 7.12. The van der Waals surface area contributed by atoms with Crippen molar-refractivity contribution in [2.45, 2.75) is 12.3 Å². The highest BCUT2D eigenvalue weighted by Crippen LogP contribution is 2.56. The Labute approximate surface area is 235 Å². The maximum absolute atomic E-state index is 2.44. The monoisotopic (exact) mass is 508 g/mol. The largest absolute Gasteiger partial charge is 0.0713 e. The van der Waals surface area contributed by atoms with Gasteiger partial charge in [-0.1, -0.05) is 145 Å². The van der Waals surface area contributed by atoms with E-state index in [0.29, 0.717) is 0 Å². The topological polar surface area (TPSA) is 0 Å². The lowest BCUT2D eigenvalue weighted by Crippen LogP contribution is -2.28. The molecule has 0 saturated heterocycles.